The number of hydrogen-bond donors (Lipinski definition) is 2. The number of carbonyl (C=O) groups is 1. The van der Waals surface area contributed by atoms with E-state index in [-0.39, 0.29) is 11.9 Å². The summed E-state index contributed by atoms with van der Waals surface area (Å²) in [5.74, 6) is -0.122. The first-order valence-electron chi connectivity index (χ1n) is 10.4. The van der Waals surface area contributed by atoms with Gasteiger partial charge in [-0.15, -0.1) is 0 Å². The van der Waals surface area contributed by atoms with E-state index in [0.29, 0.717) is 25.2 Å². The molecule has 31 heavy (non-hydrogen) atoms. The number of pyridine rings is 1. The highest BCUT2D eigenvalue weighted by Crippen LogP contribution is 2.34. The monoisotopic (exact) mass is 409 g/mol. The second-order valence-corrected chi connectivity index (χ2v) is 7.77. The quantitative estimate of drug-likeness (QED) is 0.657. The van der Waals surface area contributed by atoms with Gasteiger partial charge in [0, 0.05) is 36.5 Å². The first-order chi connectivity index (χ1) is 15.2. The normalized spacial score (nSPS) is 15.0. The van der Waals surface area contributed by atoms with E-state index in [2.05, 4.69) is 32.7 Å². The number of aliphatic imine (C=N–C) groups is 2. The van der Waals surface area contributed by atoms with Gasteiger partial charge >= 0.3 is 0 Å². The van der Waals surface area contributed by atoms with E-state index in [1.807, 2.05) is 49.5 Å². The second-order valence-electron chi connectivity index (χ2n) is 7.77. The highest BCUT2D eigenvalue weighted by atomic mass is 16.2. The van der Waals surface area contributed by atoms with E-state index >= 15 is 0 Å². The van der Waals surface area contributed by atoms with Gasteiger partial charge in [-0.05, 0) is 41.9 Å². The van der Waals surface area contributed by atoms with Crippen LogP contribution in [0.5, 0.6) is 0 Å². The molecular formula is C25H23N5O. The molecule has 0 radical (unpaired) electrons. The average Bonchev–Trinajstić information content (AvgIpc) is 3.42. The first kappa shape index (κ1) is 19.3. The van der Waals surface area contributed by atoms with E-state index in [9.17, 15) is 4.79 Å². The molecule has 0 aliphatic carbocycles. The Labute approximate surface area is 181 Å². The summed E-state index contributed by atoms with van der Waals surface area (Å²) >= 11 is 0. The third-order valence-electron chi connectivity index (χ3n) is 5.71. The van der Waals surface area contributed by atoms with Gasteiger partial charge < -0.3 is 10.6 Å². The van der Waals surface area contributed by atoms with E-state index in [0.717, 1.165) is 33.7 Å². The molecule has 1 atom stereocenters. The van der Waals surface area contributed by atoms with Gasteiger partial charge in [-0.25, -0.2) is 4.99 Å². The van der Waals surface area contributed by atoms with Crippen molar-refractivity contribution in [3.05, 3.63) is 94.8 Å². The summed E-state index contributed by atoms with van der Waals surface area (Å²) in [6, 6.07) is 18.0. The van der Waals surface area contributed by atoms with Gasteiger partial charge in [0.05, 0.1) is 24.0 Å². The Balaban J connectivity index is 1.38. The molecule has 0 saturated heterocycles. The van der Waals surface area contributed by atoms with Crippen LogP contribution in [0.25, 0.3) is 0 Å². The Hall–Kier alpha value is -3.64. The number of benzene rings is 2. The van der Waals surface area contributed by atoms with Gasteiger partial charge in [-0.1, -0.05) is 36.4 Å². The molecule has 2 aromatic carbocycles. The fourth-order valence-corrected chi connectivity index (χ4v) is 4.17. The number of likely N-dealkylation sites (N-methyl/N-ethyl adjacent to an activating group) is 1. The zero-order chi connectivity index (χ0) is 21.2. The summed E-state index contributed by atoms with van der Waals surface area (Å²) < 4.78 is 0. The van der Waals surface area contributed by atoms with Gasteiger partial charge in [-0.3, -0.25) is 14.8 Å². The van der Waals surface area contributed by atoms with Crippen LogP contribution in [0.3, 0.4) is 0 Å². The zero-order valence-corrected chi connectivity index (χ0v) is 17.3. The molecule has 1 aromatic heterocycles. The van der Waals surface area contributed by atoms with Crippen LogP contribution >= 0.6 is 0 Å². The molecule has 1 amide bonds. The zero-order valence-electron chi connectivity index (χ0n) is 17.3. The lowest BCUT2D eigenvalue weighted by molar-refractivity contribution is -0.115. The van der Waals surface area contributed by atoms with Crippen molar-refractivity contribution in [2.75, 3.05) is 13.6 Å². The number of fused-ring (bicyclic) bond motifs is 2. The summed E-state index contributed by atoms with van der Waals surface area (Å²) in [6.45, 7) is 1.30. The molecule has 2 N–H and O–H groups in total. The fraction of sp³-hybridized carbons (Fsp3) is 0.200. The minimum Gasteiger partial charge on any atom is -0.343 e. The number of nitrogens with one attached hydrogen (secondary N) is 2. The minimum absolute atomic E-state index is 0.111. The van der Waals surface area contributed by atoms with Crippen molar-refractivity contribution in [2.24, 2.45) is 9.98 Å². The number of nitrogens with zero attached hydrogens (tertiary/aromatic N) is 3. The van der Waals surface area contributed by atoms with Crippen molar-refractivity contribution < 1.29 is 4.79 Å². The molecule has 6 heteroatoms. The molecule has 3 aromatic rings. The van der Waals surface area contributed by atoms with Crippen LogP contribution in [0.15, 0.2) is 77.0 Å². The Kier molecular flexibility index (Phi) is 5.14. The lowest BCUT2D eigenvalue weighted by atomic mass is 9.97. The third-order valence-corrected chi connectivity index (χ3v) is 5.71. The number of hydrogen-bond acceptors (Lipinski definition) is 5. The molecule has 154 valence electrons. The largest absolute Gasteiger partial charge is 0.343 e. The predicted octanol–water partition coefficient (Wildman–Crippen LogP) is 3.14. The van der Waals surface area contributed by atoms with Crippen molar-refractivity contribution in [1.82, 2.24) is 15.6 Å². The van der Waals surface area contributed by atoms with Gasteiger partial charge in [0.2, 0.25) is 0 Å². The smallest absolute Gasteiger partial charge is 0.266 e. The maximum Gasteiger partial charge on any atom is 0.266 e. The van der Waals surface area contributed by atoms with Crippen molar-refractivity contribution in [2.45, 2.75) is 19.0 Å². The van der Waals surface area contributed by atoms with Crippen LogP contribution in [0.4, 0.5) is 5.69 Å². The summed E-state index contributed by atoms with van der Waals surface area (Å²) in [6.07, 6.45) is 4.09. The maximum absolute atomic E-state index is 13.0. The van der Waals surface area contributed by atoms with E-state index in [1.54, 1.807) is 12.4 Å². The third kappa shape index (κ3) is 3.78. The van der Waals surface area contributed by atoms with Crippen LogP contribution in [0, 0.1) is 0 Å². The Morgan fingerprint density at radius 3 is 2.65 bits per heavy atom. The minimum atomic E-state index is -0.122. The first-order valence-corrected chi connectivity index (χ1v) is 10.4. The lowest BCUT2D eigenvalue weighted by Gasteiger charge is -2.18. The van der Waals surface area contributed by atoms with Crippen molar-refractivity contribution in [3.8, 4) is 0 Å². The number of carbonyl (C=O) groups excluding carboxylic acids is 1. The van der Waals surface area contributed by atoms with E-state index in [4.69, 9.17) is 4.99 Å². The van der Waals surface area contributed by atoms with Gasteiger partial charge in [0.25, 0.3) is 5.91 Å². The highest BCUT2D eigenvalue weighted by Gasteiger charge is 2.27. The average molecular weight is 409 g/mol. The number of aromatic nitrogens is 1. The Bertz CT molecular complexity index is 1190. The molecule has 2 aliphatic rings. The number of rotatable bonds is 6. The van der Waals surface area contributed by atoms with Crippen LogP contribution < -0.4 is 10.6 Å². The van der Waals surface area contributed by atoms with Crippen molar-refractivity contribution in [3.63, 3.8) is 0 Å². The fourth-order valence-electron chi connectivity index (χ4n) is 4.17. The van der Waals surface area contributed by atoms with Crippen LogP contribution in [0.2, 0.25) is 0 Å². The maximum atomic E-state index is 13.0. The molecule has 0 fully saturated rings. The van der Waals surface area contributed by atoms with Gasteiger partial charge in [0.15, 0.2) is 0 Å². The summed E-state index contributed by atoms with van der Waals surface area (Å²) in [4.78, 5) is 26.5. The highest BCUT2D eigenvalue weighted by molar-refractivity contribution is 6.41. The molecule has 3 heterocycles. The topological polar surface area (TPSA) is 78.7 Å². The molecule has 0 bridgehead atoms. The van der Waals surface area contributed by atoms with Crippen molar-refractivity contribution >= 4 is 23.0 Å². The van der Waals surface area contributed by atoms with Gasteiger partial charge in [-0.2, -0.15) is 0 Å². The molecule has 0 unspecified atom stereocenters. The number of amides is 1. The standard InChI is InChI=1S/C25H23N5O/c1-26-15-23(16-5-3-2-4-6-16)30-25(31)22-12-18-11-19-14-28-24(17-7-9-27-10-8-17)20(19)13-21(18)29-22/h2-11,13,23,26H,12,14-15H2,1H3,(H,30,31)/t23-/m1/s1. The second kappa shape index (κ2) is 8.24. The van der Waals surface area contributed by atoms with Crippen LogP contribution in [-0.4, -0.2) is 35.9 Å². The predicted molar refractivity (Wildman–Crippen MR) is 122 cm³/mol. The van der Waals surface area contributed by atoms with Gasteiger partial charge in [0.1, 0.15) is 5.71 Å². The van der Waals surface area contributed by atoms with Crippen molar-refractivity contribution in [1.29, 1.82) is 0 Å². The molecule has 0 saturated carbocycles. The molecule has 6 nitrogen and oxygen atoms in total. The SMILES string of the molecule is CNC[C@@H](NC(=O)C1=Nc2cc3c(cc2C1)CN=C3c1ccncc1)c1ccccc1. The molecule has 2 aliphatic heterocycles. The molecular weight excluding hydrogens is 386 g/mol. The summed E-state index contributed by atoms with van der Waals surface area (Å²) in [7, 11) is 1.88. The summed E-state index contributed by atoms with van der Waals surface area (Å²) in [5.41, 5.74) is 7.85. The van der Waals surface area contributed by atoms with Crippen LogP contribution in [0.1, 0.15) is 33.9 Å². The summed E-state index contributed by atoms with van der Waals surface area (Å²) in [5, 5.41) is 6.30. The Morgan fingerprint density at radius 1 is 1.06 bits per heavy atom. The van der Waals surface area contributed by atoms with E-state index in [1.165, 1.54) is 5.56 Å². The Morgan fingerprint density at radius 2 is 1.87 bits per heavy atom. The van der Waals surface area contributed by atoms with E-state index < -0.39 is 0 Å². The molecule has 0 spiro atoms. The molecule has 5 rings (SSSR count). The lowest BCUT2D eigenvalue weighted by Crippen LogP contribution is -2.38. The van der Waals surface area contributed by atoms with Crippen LogP contribution in [-0.2, 0) is 17.8 Å².